The molecule has 0 fully saturated rings. The molecule has 1 N–H and O–H groups in total. The van der Waals surface area contributed by atoms with E-state index < -0.39 is 5.97 Å². The van der Waals surface area contributed by atoms with Gasteiger partial charge in [-0.2, -0.15) is 5.26 Å². The Morgan fingerprint density at radius 1 is 1.08 bits per heavy atom. The van der Waals surface area contributed by atoms with Crippen LogP contribution in [0.4, 0.5) is 0 Å². The molecular formula is C20H13BrN2O2. The highest BCUT2D eigenvalue weighted by molar-refractivity contribution is 9.10. The Balaban J connectivity index is 2.01. The first-order valence-electron chi connectivity index (χ1n) is 7.47. The number of aromatic nitrogens is 1. The van der Waals surface area contributed by atoms with Crippen LogP contribution in [0.15, 0.2) is 71.3 Å². The lowest BCUT2D eigenvalue weighted by Gasteiger charge is -2.08. The standard InChI is InChI=1S/C20H13BrN2O2/c21-17-4-1-3-15(11-17)16(13-22)12-19-5-2-10-23(19)18-8-6-14(7-9-18)20(24)25/h1-12H,(H,24,25)/b16-12+. The van der Waals surface area contributed by atoms with Crippen LogP contribution < -0.4 is 0 Å². The Labute approximate surface area is 153 Å². The summed E-state index contributed by atoms with van der Waals surface area (Å²) in [4.78, 5) is 11.0. The van der Waals surface area contributed by atoms with Crippen LogP contribution in [0.2, 0.25) is 0 Å². The third kappa shape index (κ3) is 3.70. The number of carboxylic acid groups (broad SMARTS) is 1. The van der Waals surface area contributed by atoms with Crippen molar-refractivity contribution in [3.05, 3.63) is 88.2 Å². The van der Waals surface area contributed by atoms with E-state index >= 15 is 0 Å². The summed E-state index contributed by atoms with van der Waals surface area (Å²) < 4.78 is 2.81. The zero-order chi connectivity index (χ0) is 17.8. The van der Waals surface area contributed by atoms with Crippen LogP contribution in [-0.2, 0) is 0 Å². The average Bonchev–Trinajstić information content (AvgIpc) is 3.08. The van der Waals surface area contributed by atoms with Crippen molar-refractivity contribution >= 4 is 33.5 Å². The smallest absolute Gasteiger partial charge is 0.335 e. The topological polar surface area (TPSA) is 66.0 Å². The highest BCUT2D eigenvalue weighted by Crippen LogP contribution is 2.23. The number of hydrogen-bond acceptors (Lipinski definition) is 2. The third-order valence-electron chi connectivity index (χ3n) is 3.72. The Morgan fingerprint density at radius 2 is 1.84 bits per heavy atom. The first kappa shape index (κ1) is 16.7. The second-order valence-corrected chi connectivity index (χ2v) is 6.25. The van der Waals surface area contributed by atoms with Gasteiger partial charge in [0.1, 0.15) is 0 Å². The van der Waals surface area contributed by atoms with E-state index in [0.29, 0.717) is 5.57 Å². The van der Waals surface area contributed by atoms with E-state index in [0.717, 1.165) is 21.4 Å². The number of nitriles is 1. The Kier molecular flexibility index (Phi) is 4.82. The van der Waals surface area contributed by atoms with Gasteiger partial charge in [0.15, 0.2) is 0 Å². The molecule has 0 aliphatic rings. The van der Waals surface area contributed by atoms with Crippen molar-refractivity contribution < 1.29 is 9.90 Å². The fourth-order valence-corrected chi connectivity index (χ4v) is 2.89. The molecule has 0 bridgehead atoms. The minimum atomic E-state index is -0.958. The maximum atomic E-state index is 11.0. The summed E-state index contributed by atoms with van der Waals surface area (Å²) in [6, 6.07) is 20.2. The number of hydrogen-bond donors (Lipinski definition) is 1. The molecule has 0 aliphatic heterocycles. The van der Waals surface area contributed by atoms with Gasteiger partial charge in [0.05, 0.1) is 17.2 Å². The van der Waals surface area contributed by atoms with Crippen LogP contribution in [0.1, 0.15) is 21.6 Å². The van der Waals surface area contributed by atoms with Crippen LogP contribution in [0, 0.1) is 11.3 Å². The van der Waals surface area contributed by atoms with Crippen molar-refractivity contribution in [2.75, 3.05) is 0 Å². The molecular weight excluding hydrogens is 380 g/mol. The quantitative estimate of drug-likeness (QED) is 0.635. The van der Waals surface area contributed by atoms with Gasteiger partial charge in [-0.05, 0) is 60.2 Å². The zero-order valence-electron chi connectivity index (χ0n) is 13.1. The number of rotatable bonds is 4. The predicted molar refractivity (Wildman–Crippen MR) is 100 cm³/mol. The molecule has 0 unspecified atom stereocenters. The van der Waals surface area contributed by atoms with Crippen molar-refractivity contribution in [2.45, 2.75) is 0 Å². The fourth-order valence-electron chi connectivity index (χ4n) is 2.50. The van der Waals surface area contributed by atoms with Gasteiger partial charge in [0, 0.05) is 22.1 Å². The van der Waals surface area contributed by atoms with Gasteiger partial charge in [0.25, 0.3) is 0 Å². The predicted octanol–water partition coefficient (Wildman–Crippen LogP) is 5.00. The molecule has 0 saturated heterocycles. The zero-order valence-corrected chi connectivity index (χ0v) is 14.6. The number of carbonyl (C=O) groups is 1. The number of nitrogens with zero attached hydrogens (tertiary/aromatic N) is 2. The summed E-state index contributed by atoms with van der Waals surface area (Å²) in [5.41, 5.74) is 3.27. The fraction of sp³-hybridized carbons (Fsp3) is 0. The molecule has 2 aromatic carbocycles. The number of halogens is 1. The van der Waals surface area contributed by atoms with E-state index in [9.17, 15) is 10.1 Å². The summed E-state index contributed by atoms with van der Waals surface area (Å²) in [5.74, 6) is -0.958. The molecule has 0 saturated carbocycles. The second kappa shape index (κ2) is 7.20. The molecule has 122 valence electrons. The van der Waals surface area contributed by atoms with Crippen LogP contribution in [0.3, 0.4) is 0 Å². The van der Waals surface area contributed by atoms with Crippen LogP contribution in [-0.4, -0.2) is 15.6 Å². The SMILES string of the molecule is N#C/C(=C\c1cccn1-c1ccc(C(=O)O)cc1)c1cccc(Br)c1. The molecule has 1 heterocycles. The molecule has 3 aromatic rings. The average molecular weight is 393 g/mol. The van der Waals surface area contributed by atoms with Gasteiger partial charge in [-0.25, -0.2) is 4.79 Å². The molecule has 0 atom stereocenters. The lowest BCUT2D eigenvalue weighted by atomic mass is 10.1. The maximum absolute atomic E-state index is 11.0. The number of allylic oxidation sites excluding steroid dienone is 1. The minimum absolute atomic E-state index is 0.236. The molecule has 0 amide bonds. The largest absolute Gasteiger partial charge is 0.478 e. The summed E-state index contributed by atoms with van der Waals surface area (Å²) in [7, 11) is 0. The van der Waals surface area contributed by atoms with Gasteiger partial charge in [-0.15, -0.1) is 0 Å². The van der Waals surface area contributed by atoms with E-state index in [2.05, 4.69) is 22.0 Å². The van der Waals surface area contributed by atoms with Crippen molar-refractivity contribution in [1.82, 2.24) is 4.57 Å². The molecule has 25 heavy (non-hydrogen) atoms. The van der Waals surface area contributed by atoms with Gasteiger partial charge in [-0.3, -0.25) is 0 Å². The van der Waals surface area contributed by atoms with E-state index in [1.807, 2.05) is 53.2 Å². The second-order valence-electron chi connectivity index (χ2n) is 5.34. The van der Waals surface area contributed by atoms with Crippen molar-refractivity contribution in [2.24, 2.45) is 0 Å². The van der Waals surface area contributed by atoms with Gasteiger partial charge in [0.2, 0.25) is 0 Å². The molecule has 0 radical (unpaired) electrons. The van der Waals surface area contributed by atoms with Crippen LogP contribution in [0.5, 0.6) is 0 Å². The van der Waals surface area contributed by atoms with E-state index in [1.54, 1.807) is 24.3 Å². The van der Waals surface area contributed by atoms with Crippen molar-refractivity contribution in [1.29, 1.82) is 5.26 Å². The van der Waals surface area contributed by atoms with Gasteiger partial charge >= 0.3 is 5.97 Å². The van der Waals surface area contributed by atoms with Crippen LogP contribution >= 0.6 is 15.9 Å². The van der Waals surface area contributed by atoms with E-state index in [4.69, 9.17) is 5.11 Å². The summed E-state index contributed by atoms with van der Waals surface area (Å²) in [6.45, 7) is 0. The lowest BCUT2D eigenvalue weighted by molar-refractivity contribution is 0.0697. The number of aromatic carboxylic acids is 1. The number of benzene rings is 2. The molecule has 4 nitrogen and oxygen atoms in total. The highest BCUT2D eigenvalue weighted by atomic mass is 79.9. The number of carboxylic acids is 1. The normalized spacial score (nSPS) is 11.1. The third-order valence-corrected chi connectivity index (χ3v) is 4.21. The van der Waals surface area contributed by atoms with Crippen LogP contribution in [0.25, 0.3) is 17.3 Å². The van der Waals surface area contributed by atoms with Crippen molar-refractivity contribution in [3.63, 3.8) is 0 Å². The first-order valence-corrected chi connectivity index (χ1v) is 8.26. The lowest BCUT2D eigenvalue weighted by Crippen LogP contribution is -1.99. The molecule has 5 heteroatoms. The summed E-state index contributed by atoms with van der Waals surface area (Å²) in [5, 5.41) is 18.5. The molecule has 3 rings (SSSR count). The summed E-state index contributed by atoms with van der Waals surface area (Å²) >= 11 is 3.42. The van der Waals surface area contributed by atoms with Crippen molar-refractivity contribution in [3.8, 4) is 11.8 Å². The Hall–Kier alpha value is -3.10. The highest BCUT2D eigenvalue weighted by Gasteiger charge is 2.07. The molecule has 1 aromatic heterocycles. The monoisotopic (exact) mass is 392 g/mol. The van der Waals surface area contributed by atoms with Gasteiger partial charge < -0.3 is 9.67 Å². The Bertz CT molecular complexity index is 995. The Morgan fingerprint density at radius 3 is 2.48 bits per heavy atom. The molecule has 0 aliphatic carbocycles. The van der Waals surface area contributed by atoms with Gasteiger partial charge in [-0.1, -0.05) is 28.1 Å². The summed E-state index contributed by atoms with van der Waals surface area (Å²) in [6.07, 6.45) is 3.68. The van der Waals surface area contributed by atoms with E-state index in [1.165, 1.54) is 0 Å². The minimum Gasteiger partial charge on any atom is -0.478 e. The molecule has 0 spiro atoms. The maximum Gasteiger partial charge on any atom is 0.335 e. The first-order chi connectivity index (χ1) is 12.1. The van der Waals surface area contributed by atoms with E-state index in [-0.39, 0.29) is 5.56 Å².